The summed E-state index contributed by atoms with van der Waals surface area (Å²) in [6, 6.07) is 14.7. The Morgan fingerprint density at radius 2 is 1.96 bits per heavy atom. The van der Waals surface area contributed by atoms with E-state index in [2.05, 4.69) is 22.4 Å². The van der Waals surface area contributed by atoms with Crippen LogP contribution in [0.2, 0.25) is 0 Å². The van der Waals surface area contributed by atoms with Crippen LogP contribution in [0.4, 0.5) is 17.1 Å². The Kier molecular flexibility index (Phi) is 4.20. The predicted molar refractivity (Wildman–Crippen MR) is 96.1 cm³/mol. The number of hydrogen-bond acceptors (Lipinski definition) is 5. The average molecular weight is 329 g/mol. The second-order valence-corrected chi connectivity index (χ2v) is 5.87. The van der Waals surface area contributed by atoms with Crippen LogP contribution in [-0.4, -0.2) is 25.7 Å². The van der Waals surface area contributed by atoms with Crippen LogP contribution < -0.4 is 10.2 Å². The summed E-state index contributed by atoms with van der Waals surface area (Å²) in [6.45, 7) is 0. The molecule has 0 radical (unpaired) electrons. The van der Waals surface area contributed by atoms with Gasteiger partial charge in [-0.1, -0.05) is 12.1 Å². The molecule has 1 N–H and O–H groups in total. The molecule has 1 aliphatic heterocycles. The van der Waals surface area contributed by atoms with E-state index in [0.717, 1.165) is 11.3 Å². The third kappa shape index (κ3) is 3.19. The molecule has 0 fully saturated rings. The topological polar surface area (TPSA) is 92.3 Å². The van der Waals surface area contributed by atoms with Gasteiger partial charge >= 0.3 is 0 Å². The smallest absolute Gasteiger partial charge is 0.230 e. The zero-order chi connectivity index (χ0) is 18.0. The molecule has 122 valence electrons. The van der Waals surface area contributed by atoms with Gasteiger partial charge in [0.2, 0.25) is 5.91 Å². The summed E-state index contributed by atoms with van der Waals surface area (Å²) in [5, 5.41) is 21.2. The van der Waals surface area contributed by atoms with Gasteiger partial charge < -0.3 is 10.2 Å². The number of nitrogens with one attached hydrogen (secondary N) is 1. The maximum atomic E-state index is 12.3. The molecule has 0 spiro atoms. The van der Waals surface area contributed by atoms with Crippen molar-refractivity contribution in [3.8, 4) is 12.1 Å². The molecule has 0 saturated heterocycles. The Morgan fingerprint density at radius 1 is 1.16 bits per heavy atom. The SMILES string of the molecule is CN(C)c1cc2c(cc1C#N)NC(=O)CC(c1cccc(C#N)c1)=N2. The van der Waals surface area contributed by atoms with E-state index in [1.165, 1.54) is 0 Å². The first kappa shape index (κ1) is 16.2. The van der Waals surface area contributed by atoms with Crippen molar-refractivity contribution in [1.29, 1.82) is 10.5 Å². The van der Waals surface area contributed by atoms with Gasteiger partial charge in [-0.2, -0.15) is 10.5 Å². The van der Waals surface area contributed by atoms with Gasteiger partial charge in [0.1, 0.15) is 6.07 Å². The fraction of sp³-hybridized carbons (Fsp3) is 0.158. The minimum absolute atomic E-state index is 0.0999. The molecule has 0 bridgehead atoms. The lowest BCUT2D eigenvalue weighted by atomic mass is 10.0. The number of fused-ring (bicyclic) bond motifs is 1. The number of carbonyl (C=O) groups is 1. The summed E-state index contributed by atoms with van der Waals surface area (Å²) < 4.78 is 0. The van der Waals surface area contributed by atoms with E-state index in [-0.39, 0.29) is 12.3 Å². The van der Waals surface area contributed by atoms with Crippen molar-refractivity contribution < 1.29 is 4.79 Å². The number of benzene rings is 2. The summed E-state index contributed by atoms with van der Waals surface area (Å²) in [6.07, 6.45) is 0.0999. The van der Waals surface area contributed by atoms with Crippen LogP contribution in [0.15, 0.2) is 41.4 Å². The molecule has 0 aromatic heterocycles. The monoisotopic (exact) mass is 329 g/mol. The van der Waals surface area contributed by atoms with Crippen LogP contribution in [0.1, 0.15) is 23.1 Å². The number of carbonyl (C=O) groups excluding carboxylic acids is 1. The first-order valence-corrected chi connectivity index (χ1v) is 7.65. The molecule has 2 aromatic rings. The van der Waals surface area contributed by atoms with Crippen molar-refractivity contribution in [2.24, 2.45) is 4.99 Å². The van der Waals surface area contributed by atoms with Gasteiger partial charge in [0, 0.05) is 14.1 Å². The Morgan fingerprint density at radius 3 is 2.64 bits per heavy atom. The normalized spacial score (nSPS) is 12.8. The molecule has 3 rings (SSSR count). The highest BCUT2D eigenvalue weighted by atomic mass is 16.1. The largest absolute Gasteiger partial charge is 0.377 e. The van der Waals surface area contributed by atoms with Gasteiger partial charge in [-0.05, 0) is 29.8 Å². The summed E-state index contributed by atoms with van der Waals surface area (Å²) in [5.74, 6) is -0.207. The van der Waals surface area contributed by atoms with E-state index in [1.54, 1.807) is 30.3 Å². The van der Waals surface area contributed by atoms with Crippen LogP contribution in [0.25, 0.3) is 0 Å². The molecule has 0 unspecified atom stereocenters. The quantitative estimate of drug-likeness (QED) is 0.916. The fourth-order valence-electron chi connectivity index (χ4n) is 2.70. The second-order valence-electron chi connectivity index (χ2n) is 5.87. The first-order chi connectivity index (χ1) is 12.0. The maximum absolute atomic E-state index is 12.3. The van der Waals surface area contributed by atoms with Gasteiger partial charge in [0.05, 0.1) is 46.4 Å². The highest BCUT2D eigenvalue weighted by Crippen LogP contribution is 2.35. The van der Waals surface area contributed by atoms with Crippen molar-refractivity contribution in [2.75, 3.05) is 24.3 Å². The van der Waals surface area contributed by atoms with Crippen LogP contribution >= 0.6 is 0 Å². The second kappa shape index (κ2) is 6.46. The lowest BCUT2D eigenvalue weighted by Gasteiger charge is -2.16. The number of nitrogens with zero attached hydrogens (tertiary/aromatic N) is 4. The molecule has 0 saturated carbocycles. The number of anilines is 2. The van der Waals surface area contributed by atoms with Gasteiger partial charge in [-0.25, -0.2) is 0 Å². The molecular weight excluding hydrogens is 314 g/mol. The van der Waals surface area contributed by atoms with Crippen LogP contribution in [0, 0.1) is 22.7 Å². The van der Waals surface area contributed by atoms with E-state index in [0.29, 0.717) is 28.2 Å². The number of hydrogen-bond donors (Lipinski definition) is 1. The van der Waals surface area contributed by atoms with Crippen molar-refractivity contribution in [1.82, 2.24) is 0 Å². The lowest BCUT2D eigenvalue weighted by molar-refractivity contribution is -0.115. The molecule has 2 aromatic carbocycles. The van der Waals surface area contributed by atoms with E-state index in [1.807, 2.05) is 25.1 Å². The summed E-state index contributed by atoms with van der Waals surface area (Å²) in [5.41, 5.74) is 4.13. The Bertz CT molecular complexity index is 976. The third-order valence-electron chi connectivity index (χ3n) is 3.90. The molecule has 1 heterocycles. The molecule has 6 nitrogen and oxygen atoms in total. The fourth-order valence-corrected chi connectivity index (χ4v) is 2.70. The number of amides is 1. The minimum Gasteiger partial charge on any atom is -0.377 e. The highest BCUT2D eigenvalue weighted by molar-refractivity contribution is 6.17. The van der Waals surface area contributed by atoms with Crippen LogP contribution in [0.3, 0.4) is 0 Å². The molecular formula is C19H15N5O. The standard InChI is InChI=1S/C19H15N5O/c1-24(2)18-8-17-16(7-14(18)11-21)23-19(25)9-15(22-17)13-5-3-4-12(6-13)10-20/h3-8H,9H2,1-2H3,(H,23,25). The van der Waals surface area contributed by atoms with E-state index in [4.69, 9.17) is 5.26 Å². The van der Waals surface area contributed by atoms with Crippen molar-refractivity contribution >= 4 is 28.7 Å². The van der Waals surface area contributed by atoms with Gasteiger partial charge in [-0.3, -0.25) is 9.79 Å². The van der Waals surface area contributed by atoms with Gasteiger partial charge in [-0.15, -0.1) is 0 Å². The van der Waals surface area contributed by atoms with Crippen LogP contribution in [-0.2, 0) is 4.79 Å². The molecule has 1 amide bonds. The molecule has 0 aliphatic carbocycles. The Balaban J connectivity index is 2.18. The van der Waals surface area contributed by atoms with Crippen molar-refractivity contribution in [3.05, 3.63) is 53.1 Å². The lowest BCUT2D eigenvalue weighted by Crippen LogP contribution is -2.15. The van der Waals surface area contributed by atoms with Crippen LogP contribution in [0.5, 0.6) is 0 Å². The summed E-state index contributed by atoms with van der Waals surface area (Å²) >= 11 is 0. The van der Waals surface area contributed by atoms with E-state index < -0.39 is 0 Å². The predicted octanol–water partition coefficient (Wildman–Crippen LogP) is 2.96. The number of nitriles is 2. The molecule has 6 heteroatoms. The molecule has 0 atom stereocenters. The molecule has 25 heavy (non-hydrogen) atoms. The summed E-state index contributed by atoms with van der Waals surface area (Å²) in [4.78, 5) is 18.7. The Labute approximate surface area is 145 Å². The van der Waals surface area contributed by atoms with E-state index >= 15 is 0 Å². The van der Waals surface area contributed by atoms with E-state index in [9.17, 15) is 10.1 Å². The van der Waals surface area contributed by atoms with Gasteiger partial charge in [0.15, 0.2) is 0 Å². The number of aliphatic imine (C=N–C) groups is 1. The molecule has 1 aliphatic rings. The summed E-state index contributed by atoms with van der Waals surface area (Å²) in [7, 11) is 3.69. The maximum Gasteiger partial charge on any atom is 0.230 e. The average Bonchev–Trinajstić information content (AvgIpc) is 2.77. The van der Waals surface area contributed by atoms with Crippen molar-refractivity contribution in [3.63, 3.8) is 0 Å². The highest BCUT2D eigenvalue weighted by Gasteiger charge is 2.20. The zero-order valence-electron chi connectivity index (χ0n) is 13.9. The van der Waals surface area contributed by atoms with Gasteiger partial charge in [0.25, 0.3) is 0 Å². The number of rotatable bonds is 2. The third-order valence-corrected chi connectivity index (χ3v) is 3.90. The zero-order valence-corrected chi connectivity index (χ0v) is 13.9. The Hall–Kier alpha value is -3.64. The van der Waals surface area contributed by atoms with Crippen molar-refractivity contribution in [2.45, 2.75) is 6.42 Å². The first-order valence-electron chi connectivity index (χ1n) is 7.65. The minimum atomic E-state index is -0.207.